The van der Waals surface area contributed by atoms with Crippen molar-refractivity contribution in [1.29, 1.82) is 0 Å². The lowest BCUT2D eigenvalue weighted by atomic mass is 10.1. The molecule has 0 bridgehead atoms. The molecule has 0 spiro atoms. The Morgan fingerprint density at radius 3 is 2.50 bits per heavy atom. The third-order valence-corrected chi connectivity index (χ3v) is 4.14. The maximum Gasteiger partial charge on any atom is 0.225 e. The van der Waals surface area contributed by atoms with Crippen molar-refractivity contribution in [3.63, 3.8) is 0 Å². The van der Waals surface area contributed by atoms with Crippen LogP contribution in [-0.2, 0) is 16.6 Å². The van der Waals surface area contributed by atoms with Crippen molar-refractivity contribution >= 4 is 21.6 Å². The van der Waals surface area contributed by atoms with Crippen LogP contribution in [0.2, 0.25) is 0 Å². The van der Waals surface area contributed by atoms with Crippen molar-refractivity contribution in [3.8, 4) is 11.3 Å². The number of halogens is 1. The van der Waals surface area contributed by atoms with E-state index in [2.05, 4.69) is 14.9 Å². The molecule has 0 atom stereocenters. The van der Waals surface area contributed by atoms with Crippen LogP contribution in [0, 0.1) is 0 Å². The number of hydrogen-bond acceptors (Lipinski definition) is 3. The lowest BCUT2D eigenvalue weighted by molar-refractivity contribution is 0.586. The lowest BCUT2D eigenvalue weighted by Gasteiger charge is -2.04. The van der Waals surface area contributed by atoms with E-state index in [4.69, 9.17) is 11.6 Å². The number of alkyl halides is 1. The summed E-state index contributed by atoms with van der Waals surface area (Å²) in [5, 5.41) is 6.30. The highest BCUT2D eigenvalue weighted by molar-refractivity contribution is 7.90. The molecule has 96 valence electrons. The second-order valence-electron chi connectivity index (χ2n) is 3.71. The molecule has 0 saturated carbocycles. The van der Waals surface area contributed by atoms with Crippen LogP contribution in [0.5, 0.6) is 0 Å². The lowest BCUT2D eigenvalue weighted by Crippen LogP contribution is -2.23. The maximum atomic E-state index is 11.2. The molecule has 18 heavy (non-hydrogen) atoms. The van der Waals surface area contributed by atoms with E-state index in [1.807, 2.05) is 30.3 Å². The highest BCUT2D eigenvalue weighted by Gasteiger charge is 2.07. The summed E-state index contributed by atoms with van der Waals surface area (Å²) in [4.78, 5) is 0. The first kappa shape index (κ1) is 13.1. The number of aromatic nitrogens is 2. The average Bonchev–Trinajstić information content (AvgIpc) is 2.91. The molecule has 1 heterocycles. The molecule has 1 aromatic heterocycles. The summed E-state index contributed by atoms with van der Waals surface area (Å²) in [7, 11) is -3.37. The normalized spacial score (nSPS) is 11.6. The van der Waals surface area contributed by atoms with Crippen LogP contribution < -0.4 is 4.72 Å². The van der Waals surface area contributed by atoms with E-state index in [0.717, 1.165) is 16.8 Å². The van der Waals surface area contributed by atoms with E-state index in [0.29, 0.717) is 0 Å². The first-order chi connectivity index (χ1) is 8.61. The summed E-state index contributed by atoms with van der Waals surface area (Å²) in [5.41, 5.74) is 2.78. The molecule has 0 saturated heterocycles. The predicted molar refractivity (Wildman–Crippen MR) is 70.5 cm³/mol. The second kappa shape index (κ2) is 5.51. The number of H-pyrrole nitrogens is 1. The molecule has 0 amide bonds. The fourth-order valence-electron chi connectivity index (χ4n) is 1.45. The van der Waals surface area contributed by atoms with Crippen LogP contribution in [0.3, 0.4) is 0 Å². The second-order valence-corrected chi connectivity index (χ2v) is 6.10. The van der Waals surface area contributed by atoms with Crippen LogP contribution >= 0.6 is 11.6 Å². The van der Waals surface area contributed by atoms with Crippen molar-refractivity contribution in [1.82, 2.24) is 14.9 Å². The Kier molecular flexibility index (Phi) is 4.00. The van der Waals surface area contributed by atoms with Crippen LogP contribution in [0.15, 0.2) is 36.5 Å². The van der Waals surface area contributed by atoms with Gasteiger partial charge in [0, 0.05) is 12.7 Å². The van der Waals surface area contributed by atoms with Crippen molar-refractivity contribution in [3.05, 3.63) is 42.1 Å². The number of rotatable bonds is 5. The molecule has 0 unspecified atom stereocenters. The molecular weight excluding hydrogens is 274 g/mol. The molecule has 0 aliphatic heterocycles. The number of nitrogens with zero attached hydrogens (tertiary/aromatic N) is 1. The number of sulfonamides is 1. The Balaban J connectivity index is 2.05. The molecule has 0 aliphatic carbocycles. The summed E-state index contributed by atoms with van der Waals surface area (Å²) in [6, 6.07) is 9.38. The fourth-order valence-corrected chi connectivity index (χ4v) is 2.15. The molecular formula is C11H12ClN3O2S. The minimum atomic E-state index is -3.37. The van der Waals surface area contributed by atoms with Crippen LogP contribution in [-0.4, -0.2) is 23.8 Å². The Hall–Kier alpha value is -1.37. The molecule has 0 radical (unpaired) electrons. The van der Waals surface area contributed by atoms with Crippen molar-refractivity contribution < 1.29 is 8.42 Å². The predicted octanol–water partition coefficient (Wildman–Crippen LogP) is 1.69. The quantitative estimate of drug-likeness (QED) is 0.821. The van der Waals surface area contributed by atoms with Gasteiger partial charge >= 0.3 is 0 Å². The van der Waals surface area contributed by atoms with Gasteiger partial charge in [0.2, 0.25) is 10.0 Å². The van der Waals surface area contributed by atoms with Gasteiger partial charge in [-0.05, 0) is 17.2 Å². The third kappa shape index (κ3) is 3.32. The minimum Gasteiger partial charge on any atom is -0.278 e. The van der Waals surface area contributed by atoms with E-state index in [1.54, 1.807) is 6.20 Å². The molecule has 2 rings (SSSR count). The van der Waals surface area contributed by atoms with Crippen LogP contribution in [0.1, 0.15) is 5.56 Å². The fraction of sp³-hybridized carbons (Fsp3) is 0.182. The zero-order chi connectivity index (χ0) is 13.0. The Morgan fingerprint density at radius 1 is 1.22 bits per heavy atom. The number of benzene rings is 1. The van der Waals surface area contributed by atoms with Gasteiger partial charge in [-0.3, -0.25) is 5.10 Å². The smallest absolute Gasteiger partial charge is 0.225 e. The van der Waals surface area contributed by atoms with Gasteiger partial charge in [0.1, 0.15) is 5.21 Å². The van der Waals surface area contributed by atoms with E-state index in [1.165, 1.54) is 0 Å². The molecule has 0 aliphatic rings. The molecule has 1 aromatic carbocycles. The SMILES string of the molecule is O=S(=O)(CCl)NCc1ccc(-c2ccn[nH]2)cc1. The highest BCUT2D eigenvalue weighted by Crippen LogP contribution is 2.16. The molecule has 0 fully saturated rings. The van der Waals surface area contributed by atoms with E-state index in [9.17, 15) is 8.42 Å². The zero-order valence-electron chi connectivity index (χ0n) is 9.43. The van der Waals surface area contributed by atoms with Gasteiger partial charge < -0.3 is 0 Å². The van der Waals surface area contributed by atoms with Crippen LogP contribution in [0.4, 0.5) is 0 Å². The van der Waals surface area contributed by atoms with Crippen molar-refractivity contribution in [2.75, 3.05) is 5.21 Å². The molecule has 2 N–H and O–H groups in total. The standard InChI is InChI=1S/C11H12ClN3O2S/c12-8-18(16,17)14-7-9-1-3-10(4-2-9)11-5-6-13-15-11/h1-6,14H,7-8H2,(H,13,15). The van der Waals surface area contributed by atoms with Gasteiger partial charge in [0.15, 0.2) is 0 Å². The topological polar surface area (TPSA) is 74.8 Å². The van der Waals surface area contributed by atoms with Crippen LogP contribution in [0.25, 0.3) is 11.3 Å². The van der Waals surface area contributed by atoms with Gasteiger partial charge in [-0.15, -0.1) is 11.6 Å². The monoisotopic (exact) mass is 285 g/mol. The zero-order valence-corrected chi connectivity index (χ0v) is 11.0. The summed E-state index contributed by atoms with van der Waals surface area (Å²) in [6.45, 7) is 0.234. The number of nitrogens with one attached hydrogen (secondary N) is 2. The first-order valence-corrected chi connectivity index (χ1v) is 7.41. The van der Waals surface area contributed by atoms with Gasteiger partial charge in [0.25, 0.3) is 0 Å². The van der Waals surface area contributed by atoms with Gasteiger partial charge in [-0.1, -0.05) is 24.3 Å². The first-order valence-electron chi connectivity index (χ1n) is 5.23. The Labute approximate surface area is 110 Å². The molecule has 2 aromatic rings. The van der Waals surface area contributed by atoms with Gasteiger partial charge in [-0.2, -0.15) is 5.10 Å². The maximum absolute atomic E-state index is 11.2. The van der Waals surface area contributed by atoms with Crippen molar-refractivity contribution in [2.45, 2.75) is 6.54 Å². The Bertz CT molecular complexity index is 594. The Morgan fingerprint density at radius 2 is 1.94 bits per heavy atom. The molecule has 5 nitrogen and oxygen atoms in total. The largest absolute Gasteiger partial charge is 0.278 e. The average molecular weight is 286 g/mol. The van der Waals surface area contributed by atoms with E-state index >= 15 is 0 Å². The van der Waals surface area contributed by atoms with Gasteiger partial charge in [0.05, 0.1) is 5.69 Å². The summed E-state index contributed by atoms with van der Waals surface area (Å²) in [6.07, 6.45) is 1.68. The van der Waals surface area contributed by atoms with E-state index in [-0.39, 0.29) is 6.54 Å². The van der Waals surface area contributed by atoms with Crippen molar-refractivity contribution in [2.24, 2.45) is 0 Å². The van der Waals surface area contributed by atoms with Gasteiger partial charge in [-0.25, -0.2) is 13.1 Å². The number of aromatic amines is 1. The van der Waals surface area contributed by atoms with E-state index < -0.39 is 15.2 Å². The minimum absolute atomic E-state index is 0.234. The summed E-state index contributed by atoms with van der Waals surface area (Å²) < 4.78 is 24.7. The highest BCUT2D eigenvalue weighted by atomic mass is 35.5. The third-order valence-electron chi connectivity index (χ3n) is 2.41. The molecule has 7 heteroatoms. The summed E-state index contributed by atoms with van der Waals surface area (Å²) >= 11 is 5.29. The summed E-state index contributed by atoms with van der Waals surface area (Å²) in [5.74, 6) is 0. The number of hydrogen-bond donors (Lipinski definition) is 2.